The third-order valence-corrected chi connectivity index (χ3v) is 3.49. The molecule has 19 heavy (non-hydrogen) atoms. The van der Waals surface area contributed by atoms with Crippen LogP contribution in [0, 0.1) is 12.8 Å². The molecule has 1 aliphatic rings. The molecular formula is C14H17N3O2. The maximum Gasteiger partial charge on any atom is 0.225 e. The van der Waals surface area contributed by atoms with Crippen molar-refractivity contribution in [3.05, 3.63) is 35.8 Å². The monoisotopic (exact) mass is 259 g/mol. The predicted molar refractivity (Wildman–Crippen MR) is 70.7 cm³/mol. The molecule has 1 N–H and O–H groups in total. The number of fused-ring (bicyclic) bond motifs is 1. The minimum atomic E-state index is -0.00114. The lowest BCUT2D eigenvalue weighted by atomic mass is 10.1. The minimum Gasteiger partial charge on any atom is -0.381 e. The summed E-state index contributed by atoms with van der Waals surface area (Å²) in [6.07, 6.45) is 2.78. The molecule has 1 amide bonds. The van der Waals surface area contributed by atoms with Gasteiger partial charge in [-0.25, -0.2) is 4.98 Å². The van der Waals surface area contributed by atoms with E-state index in [0.29, 0.717) is 19.8 Å². The quantitative estimate of drug-likeness (QED) is 0.903. The Kier molecular flexibility index (Phi) is 3.21. The average molecular weight is 259 g/mol. The Balaban J connectivity index is 1.68. The molecule has 2 aromatic heterocycles. The highest BCUT2D eigenvalue weighted by Crippen LogP contribution is 2.13. The smallest absolute Gasteiger partial charge is 0.225 e. The van der Waals surface area contributed by atoms with Gasteiger partial charge in [0.1, 0.15) is 5.65 Å². The molecular weight excluding hydrogens is 242 g/mol. The van der Waals surface area contributed by atoms with E-state index in [1.807, 2.05) is 35.7 Å². The van der Waals surface area contributed by atoms with Crippen LogP contribution in [0.15, 0.2) is 24.4 Å². The van der Waals surface area contributed by atoms with Gasteiger partial charge >= 0.3 is 0 Å². The zero-order chi connectivity index (χ0) is 13.2. The second kappa shape index (κ2) is 5.01. The molecule has 3 heterocycles. The van der Waals surface area contributed by atoms with Gasteiger partial charge in [0.2, 0.25) is 5.91 Å². The van der Waals surface area contributed by atoms with Crippen molar-refractivity contribution in [3.63, 3.8) is 0 Å². The number of ether oxygens (including phenoxy) is 1. The van der Waals surface area contributed by atoms with Crippen LogP contribution in [-0.4, -0.2) is 28.5 Å². The van der Waals surface area contributed by atoms with Gasteiger partial charge in [0, 0.05) is 18.5 Å². The second-order valence-corrected chi connectivity index (χ2v) is 4.91. The molecule has 5 heteroatoms. The average Bonchev–Trinajstić information content (AvgIpc) is 3.05. The van der Waals surface area contributed by atoms with E-state index >= 15 is 0 Å². The summed E-state index contributed by atoms with van der Waals surface area (Å²) in [5.41, 5.74) is 2.92. The standard InChI is InChI=1S/C14H17N3O2/c1-10-3-2-4-13-16-12(8-17(10)13)7-15-14(18)11-5-6-19-9-11/h2-4,8,11H,5-7,9H2,1H3,(H,15,18). The van der Waals surface area contributed by atoms with Crippen molar-refractivity contribution in [3.8, 4) is 0 Å². The lowest BCUT2D eigenvalue weighted by Crippen LogP contribution is -2.30. The van der Waals surface area contributed by atoms with E-state index in [4.69, 9.17) is 4.74 Å². The van der Waals surface area contributed by atoms with Crippen LogP contribution >= 0.6 is 0 Å². The number of hydrogen-bond donors (Lipinski definition) is 1. The number of hydrogen-bond acceptors (Lipinski definition) is 3. The van der Waals surface area contributed by atoms with Crippen molar-refractivity contribution >= 4 is 11.6 Å². The molecule has 2 aromatic rings. The first-order valence-electron chi connectivity index (χ1n) is 6.53. The third-order valence-electron chi connectivity index (χ3n) is 3.49. The van der Waals surface area contributed by atoms with Crippen LogP contribution < -0.4 is 5.32 Å². The highest BCUT2D eigenvalue weighted by atomic mass is 16.5. The van der Waals surface area contributed by atoms with Crippen molar-refractivity contribution in [2.75, 3.05) is 13.2 Å². The second-order valence-electron chi connectivity index (χ2n) is 4.91. The molecule has 1 fully saturated rings. The molecule has 5 nitrogen and oxygen atoms in total. The summed E-state index contributed by atoms with van der Waals surface area (Å²) in [7, 11) is 0. The van der Waals surface area contributed by atoms with Gasteiger partial charge in [0.15, 0.2) is 0 Å². The highest BCUT2D eigenvalue weighted by molar-refractivity contribution is 5.78. The highest BCUT2D eigenvalue weighted by Gasteiger charge is 2.23. The molecule has 1 unspecified atom stereocenters. The Hall–Kier alpha value is -1.88. The first-order valence-corrected chi connectivity index (χ1v) is 6.53. The van der Waals surface area contributed by atoms with Crippen LogP contribution in [0.25, 0.3) is 5.65 Å². The molecule has 0 radical (unpaired) electrons. The van der Waals surface area contributed by atoms with E-state index in [9.17, 15) is 4.79 Å². The largest absolute Gasteiger partial charge is 0.381 e. The SMILES string of the molecule is Cc1cccc2nc(CNC(=O)C3CCOC3)cn12. The number of nitrogens with one attached hydrogen (secondary N) is 1. The minimum absolute atomic E-state index is 0.00114. The summed E-state index contributed by atoms with van der Waals surface area (Å²) < 4.78 is 7.24. The number of aromatic nitrogens is 2. The van der Waals surface area contributed by atoms with E-state index in [1.165, 1.54) is 0 Å². The molecule has 0 saturated carbocycles. The number of carbonyl (C=O) groups is 1. The van der Waals surface area contributed by atoms with Gasteiger partial charge in [-0.1, -0.05) is 6.07 Å². The molecule has 0 aliphatic carbocycles. The van der Waals surface area contributed by atoms with Gasteiger partial charge in [-0.05, 0) is 25.5 Å². The predicted octanol–water partition coefficient (Wildman–Crippen LogP) is 1.30. The van der Waals surface area contributed by atoms with Crippen LogP contribution in [0.3, 0.4) is 0 Å². The van der Waals surface area contributed by atoms with Gasteiger partial charge in [0.05, 0.1) is 24.8 Å². The molecule has 100 valence electrons. The van der Waals surface area contributed by atoms with Crippen LogP contribution in [-0.2, 0) is 16.1 Å². The van der Waals surface area contributed by atoms with E-state index in [-0.39, 0.29) is 11.8 Å². The van der Waals surface area contributed by atoms with Gasteiger partial charge in [-0.15, -0.1) is 0 Å². The molecule has 0 aromatic carbocycles. The molecule has 1 saturated heterocycles. The summed E-state index contributed by atoms with van der Waals surface area (Å²) in [5.74, 6) is 0.0602. The van der Waals surface area contributed by atoms with E-state index in [0.717, 1.165) is 23.5 Å². The Morgan fingerprint density at radius 1 is 1.58 bits per heavy atom. The number of imidazole rings is 1. The third kappa shape index (κ3) is 2.46. The van der Waals surface area contributed by atoms with Crippen LogP contribution in [0.5, 0.6) is 0 Å². The fourth-order valence-electron chi connectivity index (χ4n) is 2.35. The Morgan fingerprint density at radius 2 is 2.47 bits per heavy atom. The topological polar surface area (TPSA) is 55.6 Å². The van der Waals surface area contributed by atoms with Crippen LogP contribution in [0.4, 0.5) is 0 Å². The fraction of sp³-hybridized carbons (Fsp3) is 0.429. The maximum atomic E-state index is 11.9. The zero-order valence-electron chi connectivity index (χ0n) is 10.9. The Bertz CT molecular complexity index is 600. The lowest BCUT2D eigenvalue weighted by Gasteiger charge is -2.07. The number of pyridine rings is 1. The fourth-order valence-corrected chi connectivity index (χ4v) is 2.35. The summed E-state index contributed by atoms with van der Waals surface area (Å²) in [5, 5.41) is 2.93. The summed E-state index contributed by atoms with van der Waals surface area (Å²) >= 11 is 0. The molecule has 0 bridgehead atoms. The molecule has 1 atom stereocenters. The van der Waals surface area contributed by atoms with Crippen LogP contribution in [0.1, 0.15) is 17.8 Å². The number of aryl methyl sites for hydroxylation is 1. The molecule has 3 rings (SSSR count). The lowest BCUT2D eigenvalue weighted by molar-refractivity contribution is -0.125. The van der Waals surface area contributed by atoms with Gasteiger partial charge in [-0.2, -0.15) is 0 Å². The summed E-state index contributed by atoms with van der Waals surface area (Å²) in [6.45, 7) is 3.73. The number of amides is 1. The normalized spacial score (nSPS) is 18.9. The van der Waals surface area contributed by atoms with Gasteiger partial charge < -0.3 is 14.5 Å². The van der Waals surface area contributed by atoms with Crippen LogP contribution in [0.2, 0.25) is 0 Å². The van der Waals surface area contributed by atoms with Gasteiger partial charge in [-0.3, -0.25) is 4.79 Å². The summed E-state index contributed by atoms with van der Waals surface area (Å²) in [4.78, 5) is 16.4. The maximum absolute atomic E-state index is 11.9. The van der Waals surface area contributed by atoms with Crippen molar-refractivity contribution < 1.29 is 9.53 Å². The summed E-state index contributed by atoms with van der Waals surface area (Å²) in [6, 6.07) is 5.98. The van der Waals surface area contributed by atoms with Crippen molar-refractivity contribution in [1.82, 2.24) is 14.7 Å². The van der Waals surface area contributed by atoms with E-state index in [2.05, 4.69) is 10.3 Å². The number of carbonyl (C=O) groups excluding carboxylic acids is 1. The number of nitrogens with zero attached hydrogens (tertiary/aromatic N) is 2. The van der Waals surface area contributed by atoms with E-state index in [1.54, 1.807) is 0 Å². The molecule has 1 aliphatic heterocycles. The van der Waals surface area contributed by atoms with Crippen molar-refractivity contribution in [2.24, 2.45) is 5.92 Å². The Morgan fingerprint density at radius 3 is 3.21 bits per heavy atom. The van der Waals surface area contributed by atoms with Crippen molar-refractivity contribution in [2.45, 2.75) is 19.9 Å². The van der Waals surface area contributed by atoms with Gasteiger partial charge in [0.25, 0.3) is 0 Å². The molecule has 0 spiro atoms. The van der Waals surface area contributed by atoms with E-state index < -0.39 is 0 Å². The Labute approximate surface area is 111 Å². The first kappa shape index (κ1) is 12.2. The van der Waals surface area contributed by atoms with Crippen molar-refractivity contribution in [1.29, 1.82) is 0 Å². The first-order chi connectivity index (χ1) is 9.24. The zero-order valence-corrected chi connectivity index (χ0v) is 10.9. The number of rotatable bonds is 3.